The topological polar surface area (TPSA) is 95.9 Å². The standard InChI is InChI=1S/C28H32N2O5/c1-17-14-30(15-19(17)13-27(32)33)26(31)12-18-10-20(11-18)29-28(34)35-16-25-23-8-4-2-6-21(23)22-7-3-5-9-24(22)25/h2-9,17-20,25H,10-16H2,1H3,(H,29,34)(H,32,33). The number of fused-ring (bicyclic) bond motifs is 3. The second-order valence-corrected chi connectivity index (χ2v) is 10.3. The molecule has 2 aromatic carbocycles. The van der Waals surface area contributed by atoms with Crippen molar-refractivity contribution < 1.29 is 24.2 Å². The van der Waals surface area contributed by atoms with E-state index in [-0.39, 0.29) is 42.0 Å². The second kappa shape index (κ2) is 9.72. The third kappa shape index (κ3) is 4.90. The van der Waals surface area contributed by atoms with E-state index >= 15 is 0 Å². The van der Waals surface area contributed by atoms with Gasteiger partial charge in [-0.1, -0.05) is 55.5 Å². The molecule has 1 aliphatic heterocycles. The number of aliphatic carboxylic acids is 1. The number of carbonyl (C=O) groups is 3. The number of alkyl carbamates (subject to hydrolysis) is 1. The van der Waals surface area contributed by atoms with E-state index in [0.29, 0.717) is 26.1 Å². The fourth-order valence-electron chi connectivity index (χ4n) is 5.93. The number of carboxylic acid groups (broad SMARTS) is 1. The van der Waals surface area contributed by atoms with Crippen molar-refractivity contribution in [3.8, 4) is 11.1 Å². The smallest absolute Gasteiger partial charge is 0.407 e. The average Bonchev–Trinajstić information content (AvgIpc) is 3.33. The molecule has 5 rings (SSSR count). The highest BCUT2D eigenvalue weighted by molar-refractivity contribution is 5.79. The highest BCUT2D eigenvalue weighted by Crippen LogP contribution is 2.44. The summed E-state index contributed by atoms with van der Waals surface area (Å²) < 4.78 is 5.63. The Morgan fingerprint density at radius 2 is 1.60 bits per heavy atom. The van der Waals surface area contributed by atoms with E-state index in [1.807, 2.05) is 36.1 Å². The van der Waals surface area contributed by atoms with Crippen LogP contribution in [0.4, 0.5) is 4.79 Å². The predicted molar refractivity (Wildman–Crippen MR) is 131 cm³/mol. The molecule has 7 heteroatoms. The van der Waals surface area contributed by atoms with Gasteiger partial charge in [0.15, 0.2) is 0 Å². The molecular weight excluding hydrogens is 444 g/mol. The molecule has 184 valence electrons. The van der Waals surface area contributed by atoms with Gasteiger partial charge in [-0.05, 0) is 52.8 Å². The van der Waals surface area contributed by atoms with Crippen LogP contribution >= 0.6 is 0 Å². The van der Waals surface area contributed by atoms with Gasteiger partial charge in [-0.3, -0.25) is 9.59 Å². The number of ether oxygens (including phenoxy) is 1. The summed E-state index contributed by atoms with van der Waals surface area (Å²) in [5.74, 6) is -0.199. The Kier molecular flexibility index (Phi) is 6.50. The number of carbonyl (C=O) groups excluding carboxylic acids is 2. The minimum atomic E-state index is -0.808. The molecule has 2 N–H and O–H groups in total. The van der Waals surface area contributed by atoms with Crippen LogP contribution < -0.4 is 5.32 Å². The Bertz CT molecular complexity index is 1080. The maximum Gasteiger partial charge on any atom is 0.407 e. The highest BCUT2D eigenvalue weighted by atomic mass is 16.5. The van der Waals surface area contributed by atoms with Crippen molar-refractivity contribution in [2.45, 2.75) is 44.6 Å². The first-order valence-electron chi connectivity index (χ1n) is 12.5. The van der Waals surface area contributed by atoms with Gasteiger partial charge >= 0.3 is 12.1 Å². The number of nitrogens with one attached hydrogen (secondary N) is 1. The van der Waals surface area contributed by atoms with Crippen LogP contribution in [0.2, 0.25) is 0 Å². The van der Waals surface area contributed by atoms with Gasteiger partial charge in [0.2, 0.25) is 5.91 Å². The summed E-state index contributed by atoms with van der Waals surface area (Å²) in [5.41, 5.74) is 4.77. The van der Waals surface area contributed by atoms with Gasteiger partial charge in [0, 0.05) is 31.5 Å². The van der Waals surface area contributed by atoms with E-state index < -0.39 is 12.1 Å². The average molecular weight is 477 g/mol. The van der Waals surface area contributed by atoms with Crippen molar-refractivity contribution in [3.63, 3.8) is 0 Å². The van der Waals surface area contributed by atoms with Crippen molar-refractivity contribution in [2.24, 2.45) is 17.8 Å². The van der Waals surface area contributed by atoms with E-state index in [1.165, 1.54) is 22.3 Å². The van der Waals surface area contributed by atoms with Crippen molar-refractivity contribution in [3.05, 3.63) is 59.7 Å². The number of hydrogen-bond acceptors (Lipinski definition) is 4. The molecule has 2 unspecified atom stereocenters. The fourth-order valence-corrected chi connectivity index (χ4v) is 5.93. The minimum absolute atomic E-state index is 0.0284. The maximum absolute atomic E-state index is 12.7. The number of nitrogens with zero attached hydrogens (tertiary/aromatic N) is 1. The summed E-state index contributed by atoms with van der Waals surface area (Å²) in [5, 5.41) is 12.0. The van der Waals surface area contributed by atoms with Crippen LogP contribution in [0.25, 0.3) is 11.1 Å². The van der Waals surface area contributed by atoms with Crippen LogP contribution in [0.1, 0.15) is 49.7 Å². The van der Waals surface area contributed by atoms with E-state index in [4.69, 9.17) is 9.84 Å². The number of carboxylic acids is 1. The molecule has 35 heavy (non-hydrogen) atoms. The molecular formula is C28H32N2O5. The van der Waals surface area contributed by atoms with E-state index in [0.717, 1.165) is 12.8 Å². The van der Waals surface area contributed by atoms with Gasteiger partial charge in [0.05, 0.1) is 6.42 Å². The Labute approximate surface area is 205 Å². The summed E-state index contributed by atoms with van der Waals surface area (Å²) in [4.78, 5) is 38.0. The molecule has 3 aliphatic rings. The molecule has 2 aliphatic carbocycles. The molecule has 1 saturated carbocycles. The Morgan fingerprint density at radius 3 is 2.23 bits per heavy atom. The number of benzene rings is 2. The van der Waals surface area contributed by atoms with Gasteiger partial charge in [0.1, 0.15) is 6.61 Å². The van der Waals surface area contributed by atoms with Gasteiger partial charge in [-0.2, -0.15) is 0 Å². The first-order chi connectivity index (χ1) is 16.9. The van der Waals surface area contributed by atoms with Crippen molar-refractivity contribution in [1.29, 1.82) is 0 Å². The van der Waals surface area contributed by atoms with Crippen LogP contribution in [-0.2, 0) is 14.3 Å². The Balaban J connectivity index is 1.06. The first kappa shape index (κ1) is 23.4. The molecule has 2 aromatic rings. The zero-order valence-electron chi connectivity index (χ0n) is 20.0. The molecule has 7 nitrogen and oxygen atoms in total. The lowest BCUT2D eigenvalue weighted by atomic mass is 9.78. The fraction of sp³-hybridized carbons (Fsp3) is 0.464. The van der Waals surface area contributed by atoms with Crippen LogP contribution in [-0.4, -0.2) is 53.7 Å². The third-order valence-electron chi connectivity index (χ3n) is 7.92. The molecule has 0 aromatic heterocycles. The quantitative estimate of drug-likeness (QED) is 0.622. The van der Waals surface area contributed by atoms with Gasteiger partial charge in [-0.15, -0.1) is 0 Å². The Hall–Kier alpha value is -3.35. The number of hydrogen-bond donors (Lipinski definition) is 2. The molecule has 2 fully saturated rings. The van der Waals surface area contributed by atoms with Gasteiger partial charge in [0.25, 0.3) is 0 Å². The number of rotatable bonds is 7. The van der Waals surface area contributed by atoms with E-state index in [2.05, 4.69) is 29.6 Å². The summed E-state index contributed by atoms with van der Waals surface area (Å²) in [7, 11) is 0. The number of amides is 2. The molecule has 0 radical (unpaired) electrons. The third-order valence-corrected chi connectivity index (χ3v) is 7.92. The molecule has 1 saturated heterocycles. The largest absolute Gasteiger partial charge is 0.481 e. The van der Waals surface area contributed by atoms with E-state index in [9.17, 15) is 14.4 Å². The predicted octanol–water partition coefficient (Wildman–Crippen LogP) is 4.26. The highest BCUT2D eigenvalue weighted by Gasteiger charge is 2.37. The van der Waals surface area contributed by atoms with Crippen LogP contribution in [0.3, 0.4) is 0 Å². The van der Waals surface area contributed by atoms with Gasteiger partial charge in [-0.25, -0.2) is 4.79 Å². The lowest BCUT2D eigenvalue weighted by Gasteiger charge is -2.36. The van der Waals surface area contributed by atoms with Crippen LogP contribution in [0.5, 0.6) is 0 Å². The normalized spacial score (nSPS) is 24.9. The van der Waals surface area contributed by atoms with Crippen LogP contribution in [0, 0.1) is 17.8 Å². The molecule has 2 atom stereocenters. The Morgan fingerprint density at radius 1 is 0.971 bits per heavy atom. The second-order valence-electron chi connectivity index (χ2n) is 10.3. The van der Waals surface area contributed by atoms with Crippen molar-refractivity contribution >= 4 is 18.0 Å². The molecule has 2 amide bonds. The maximum atomic E-state index is 12.7. The monoisotopic (exact) mass is 476 g/mol. The van der Waals surface area contributed by atoms with Crippen molar-refractivity contribution in [1.82, 2.24) is 10.2 Å². The lowest BCUT2D eigenvalue weighted by molar-refractivity contribution is -0.138. The molecule has 0 spiro atoms. The van der Waals surface area contributed by atoms with Gasteiger partial charge < -0.3 is 20.1 Å². The van der Waals surface area contributed by atoms with E-state index in [1.54, 1.807) is 0 Å². The summed E-state index contributed by atoms with van der Waals surface area (Å²) >= 11 is 0. The lowest BCUT2D eigenvalue weighted by Crippen LogP contribution is -2.46. The van der Waals surface area contributed by atoms with Crippen LogP contribution in [0.15, 0.2) is 48.5 Å². The first-order valence-corrected chi connectivity index (χ1v) is 12.5. The number of likely N-dealkylation sites (tertiary alicyclic amines) is 1. The zero-order chi connectivity index (χ0) is 24.5. The minimum Gasteiger partial charge on any atom is -0.481 e. The summed E-state index contributed by atoms with van der Waals surface area (Å²) in [6.07, 6.45) is 1.68. The summed E-state index contributed by atoms with van der Waals surface area (Å²) in [6.45, 7) is 3.46. The zero-order valence-corrected chi connectivity index (χ0v) is 20.0. The summed E-state index contributed by atoms with van der Waals surface area (Å²) in [6, 6.07) is 16.5. The SMILES string of the molecule is CC1CN(C(=O)CC2CC(NC(=O)OCC3c4ccccc4-c4ccccc43)C2)CC1CC(=O)O. The molecule has 1 heterocycles. The van der Waals surface area contributed by atoms with Crippen molar-refractivity contribution in [2.75, 3.05) is 19.7 Å². The molecule has 0 bridgehead atoms.